The molecule has 1 aromatic rings. The maximum absolute atomic E-state index is 6.51. The van der Waals surface area contributed by atoms with Gasteiger partial charge in [-0.1, -0.05) is 25.1 Å². The van der Waals surface area contributed by atoms with Gasteiger partial charge in [0.05, 0.1) is 6.04 Å². The van der Waals surface area contributed by atoms with Crippen LogP contribution in [0.2, 0.25) is 0 Å². The SMILES string of the molecule is CC/C(=C(/S)C1CC1)C(N)c1c(C)cccc1C. The van der Waals surface area contributed by atoms with Gasteiger partial charge in [0.15, 0.2) is 0 Å². The molecule has 1 nitrogen and oxygen atoms in total. The van der Waals surface area contributed by atoms with Gasteiger partial charge in [0, 0.05) is 0 Å². The first-order chi connectivity index (χ1) is 8.56. The molecule has 1 aliphatic carbocycles. The van der Waals surface area contributed by atoms with E-state index in [4.69, 9.17) is 18.4 Å². The Kier molecular flexibility index (Phi) is 4.18. The first-order valence-corrected chi connectivity index (χ1v) is 7.24. The molecule has 2 rings (SSSR count). The molecular weight excluding hydrogens is 238 g/mol. The Morgan fingerprint density at radius 3 is 2.33 bits per heavy atom. The summed E-state index contributed by atoms with van der Waals surface area (Å²) in [6.07, 6.45) is 3.55. The topological polar surface area (TPSA) is 26.0 Å². The van der Waals surface area contributed by atoms with E-state index >= 15 is 0 Å². The Morgan fingerprint density at radius 1 is 1.33 bits per heavy atom. The number of allylic oxidation sites excluding steroid dienone is 1. The standard InChI is InChI=1S/C16H23NS/c1-4-13(16(18)12-8-9-12)15(17)14-10(2)6-5-7-11(14)3/h5-7,12,15,18H,4,8-9,17H2,1-3H3/b16-13-. The number of thiol groups is 1. The van der Waals surface area contributed by atoms with Crippen molar-refractivity contribution in [3.8, 4) is 0 Å². The summed E-state index contributed by atoms with van der Waals surface area (Å²) in [7, 11) is 0. The van der Waals surface area contributed by atoms with Gasteiger partial charge in [-0.25, -0.2) is 0 Å². The second kappa shape index (κ2) is 5.50. The molecule has 1 unspecified atom stereocenters. The fourth-order valence-corrected chi connectivity index (χ4v) is 3.23. The van der Waals surface area contributed by atoms with E-state index in [-0.39, 0.29) is 6.04 Å². The van der Waals surface area contributed by atoms with E-state index in [9.17, 15) is 0 Å². The van der Waals surface area contributed by atoms with E-state index in [0.717, 1.165) is 6.42 Å². The van der Waals surface area contributed by atoms with E-state index in [1.165, 1.54) is 40.0 Å². The van der Waals surface area contributed by atoms with Crippen LogP contribution in [-0.2, 0) is 0 Å². The van der Waals surface area contributed by atoms with Gasteiger partial charge >= 0.3 is 0 Å². The average Bonchev–Trinajstić information content (AvgIpc) is 3.13. The third-order valence-electron chi connectivity index (χ3n) is 3.90. The van der Waals surface area contributed by atoms with Gasteiger partial charge in [-0.05, 0) is 66.2 Å². The molecule has 1 saturated carbocycles. The van der Waals surface area contributed by atoms with Gasteiger partial charge in [-0.3, -0.25) is 0 Å². The van der Waals surface area contributed by atoms with Crippen LogP contribution in [0.15, 0.2) is 28.7 Å². The summed E-state index contributed by atoms with van der Waals surface area (Å²) in [5.41, 5.74) is 11.7. The molecule has 1 atom stereocenters. The maximum Gasteiger partial charge on any atom is 0.0526 e. The van der Waals surface area contributed by atoms with Gasteiger partial charge in [0.1, 0.15) is 0 Å². The van der Waals surface area contributed by atoms with Crippen molar-refractivity contribution < 1.29 is 0 Å². The zero-order valence-corrected chi connectivity index (χ0v) is 12.4. The van der Waals surface area contributed by atoms with Crippen LogP contribution in [0, 0.1) is 19.8 Å². The van der Waals surface area contributed by atoms with Gasteiger partial charge in [-0.15, -0.1) is 12.6 Å². The number of nitrogens with two attached hydrogens (primary N) is 1. The molecule has 0 amide bonds. The van der Waals surface area contributed by atoms with Crippen molar-refractivity contribution >= 4 is 12.6 Å². The van der Waals surface area contributed by atoms with Crippen LogP contribution < -0.4 is 5.73 Å². The second-order valence-corrected chi connectivity index (χ2v) is 5.80. The average molecular weight is 261 g/mol. The van der Waals surface area contributed by atoms with Crippen molar-refractivity contribution in [2.24, 2.45) is 11.7 Å². The van der Waals surface area contributed by atoms with Gasteiger partial charge in [-0.2, -0.15) is 0 Å². The summed E-state index contributed by atoms with van der Waals surface area (Å²) in [5.74, 6) is 0.679. The molecule has 0 saturated heterocycles. The van der Waals surface area contributed by atoms with Crippen molar-refractivity contribution in [1.82, 2.24) is 0 Å². The van der Waals surface area contributed by atoms with Crippen LogP contribution in [0.3, 0.4) is 0 Å². The first-order valence-electron chi connectivity index (χ1n) is 6.79. The maximum atomic E-state index is 6.51. The third-order valence-corrected chi connectivity index (χ3v) is 4.55. The van der Waals surface area contributed by atoms with Crippen molar-refractivity contribution in [1.29, 1.82) is 0 Å². The van der Waals surface area contributed by atoms with E-state index in [2.05, 4.69) is 39.0 Å². The Hall–Kier alpha value is -0.730. The summed E-state index contributed by atoms with van der Waals surface area (Å²) in [6, 6.07) is 6.39. The summed E-state index contributed by atoms with van der Waals surface area (Å²) in [6.45, 7) is 6.47. The van der Waals surface area contributed by atoms with Crippen LogP contribution in [0.25, 0.3) is 0 Å². The second-order valence-electron chi connectivity index (χ2n) is 5.32. The minimum atomic E-state index is 0.00398. The zero-order valence-electron chi connectivity index (χ0n) is 11.5. The highest BCUT2D eigenvalue weighted by Gasteiger charge is 2.28. The summed E-state index contributed by atoms with van der Waals surface area (Å²) >= 11 is 4.72. The molecule has 0 spiro atoms. The highest BCUT2D eigenvalue weighted by molar-refractivity contribution is 7.84. The highest BCUT2D eigenvalue weighted by atomic mass is 32.1. The summed E-state index contributed by atoms with van der Waals surface area (Å²) < 4.78 is 0. The van der Waals surface area contributed by atoms with Crippen LogP contribution in [0.4, 0.5) is 0 Å². The monoisotopic (exact) mass is 261 g/mol. The Morgan fingerprint density at radius 2 is 1.89 bits per heavy atom. The lowest BCUT2D eigenvalue weighted by molar-refractivity contribution is 0.771. The molecule has 1 aromatic carbocycles. The van der Waals surface area contributed by atoms with E-state index in [0.29, 0.717) is 5.92 Å². The number of aryl methyl sites for hydroxylation is 2. The molecule has 2 heteroatoms. The Bertz CT molecular complexity index is 452. The first kappa shape index (κ1) is 13.7. The lowest BCUT2D eigenvalue weighted by Gasteiger charge is -2.22. The molecule has 2 N–H and O–H groups in total. The molecule has 0 heterocycles. The van der Waals surface area contributed by atoms with E-state index in [1.807, 2.05) is 0 Å². The lowest BCUT2D eigenvalue weighted by atomic mass is 9.90. The molecule has 0 aromatic heterocycles. The van der Waals surface area contributed by atoms with Crippen LogP contribution in [0.5, 0.6) is 0 Å². The van der Waals surface area contributed by atoms with Crippen LogP contribution in [0.1, 0.15) is 48.9 Å². The molecule has 98 valence electrons. The third kappa shape index (κ3) is 2.65. The predicted octanol–water partition coefficient (Wildman–Crippen LogP) is 4.31. The normalized spacial score (nSPS) is 18.5. The fraction of sp³-hybridized carbons (Fsp3) is 0.500. The lowest BCUT2D eigenvalue weighted by Crippen LogP contribution is -2.17. The summed E-state index contributed by atoms with van der Waals surface area (Å²) in [5, 5.41) is 0. The molecule has 18 heavy (non-hydrogen) atoms. The van der Waals surface area contributed by atoms with Gasteiger partial charge in [0.25, 0.3) is 0 Å². The fourth-order valence-electron chi connectivity index (χ4n) is 2.67. The largest absolute Gasteiger partial charge is 0.320 e. The van der Waals surface area contributed by atoms with E-state index < -0.39 is 0 Å². The quantitative estimate of drug-likeness (QED) is 0.776. The van der Waals surface area contributed by atoms with Crippen molar-refractivity contribution in [3.05, 3.63) is 45.4 Å². The molecule has 0 radical (unpaired) electrons. The Balaban J connectivity index is 2.40. The molecule has 0 aliphatic heterocycles. The molecular formula is C16H23NS. The van der Waals surface area contributed by atoms with Crippen molar-refractivity contribution in [3.63, 3.8) is 0 Å². The zero-order chi connectivity index (χ0) is 13.3. The summed E-state index contributed by atoms with van der Waals surface area (Å²) in [4.78, 5) is 1.24. The molecule has 1 aliphatic rings. The Labute approximate surface area is 116 Å². The molecule has 1 fully saturated rings. The smallest absolute Gasteiger partial charge is 0.0526 e. The minimum absolute atomic E-state index is 0.00398. The van der Waals surface area contributed by atoms with Crippen LogP contribution >= 0.6 is 12.6 Å². The number of rotatable bonds is 4. The van der Waals surface area contributed by atoms with Gasteiger partial charge < -0.3 is 5.73 Å². The molecule has 0 bridgehead atoms. The number of benzene rings is 1. The van der Waals surface area contributed by atoms with Crippen molar-refractivity contribution in [2.75, 3.05) is 0 Å². The minimum Gasteiger partial charge on any atom is -0.320 e. The predicted molar refractivity (Wildman–Crippen MR) is 81.9 cm³/mol. The van der Waals surface area contributed by atoms with Crippen LogP contribution in [-0.4, -0.2) is 0 Å². The van der Waals surface area contributed by atoms with Gasteiger partial charge in [0.2, 0.25) is 0 Å². The number of hydrogen-bond donors (Lipinski definition) is 2. The van der Waals surface area contributed by atoms with E-state index in [1.54, 1.807) is 0 Å². The highest BCUT2D eigenvalue weighted by Crippen LogP contribution is 2.43. The number of hydrogen-bond acceptors (Lipinski definition) is 2. The van der Waals surface area contributed by atoms with Crippen molar-refractivity contribution in [2.45, 2.75) is 46.1 Å².